The van der Waals surface area contributed by atoms with E-state index in [2.05, 4.69) is 17.9 Å². The number of carbonyl (C=O) groups is 1. The van der Waals surface area contributed by atoms with E-state index in [0.29, 0.717) is 11.8 Å². The number of likely N-dealkylation sites (tertiary alicyclic amines) is 1. The summed E-state index contributed by atoms with van der Waals surface area (Å²) in [4.78, 5) is 16.9. The Morgan fingerprint density at radius 2 is 1.79 bits per heavy atom. The number of amides is 1. The summed E-state index contributed by atoms with van der Waals surface area (Å²) in [6.45, 7) is 7.71. The van der Waals surface area contributed by atoms with Gasteiger partial charge in [0.1, 0.15) is 5.54 Å². The highest BCUT2D eigenvalue weighted by Gasteiger charge is 2.42. The molecule has 2 unspecified atom stereocenters. The normalized spacial score (nSPS) is 31.9. The summed E-state index contributed by atoms with van der Waals surface area (Å²) in [7, 11) is 1.81. The van der Waals surface area contributed by atoms with Gasteiger partial charge in [-0.3, -0.25) is 9.69 Å². The Morgan fingerprint density at radius 3 is 2.25 bits per heavy atom. The number of nitrogens with zero attached hydrogens (tertiary/aromatic N) is 3. The molecule has 1 aliphatic carbocycles. The number of aliphatic hydroxyl groups excluding tert-OH is 1. The molecule has 1 amide bonds. The number of piperidine rings is 1. The van der Waals surface area contributed by atoms with E-state index in [1.165, 1.54) is 0 Å². The zero-order chi connectivity index (χ0) is 17.9. The zero-order valence-corrected chi connectivity index (χ0v) is 15.7. The predicted octanol–water partition coefficient (Wildman–Crippen LogP) is 2.40. The van der Waals surface area contributed by atoms with Gasteiger partial charge >= 0.3 is 0 Å². The van der Waals surface area contributed by atoms with Gasteiger partial charge in [0.2, 0.25) is 5.91 Å². The van der Waals surface area contributed by atoms with Crippen molar-refractivity contribution in [3.8, 4) is 6.07 Å². The van der Waals surface area contributed by atoms with Gasteiger partial charge in [-0.05, 0) is 77.3 Å². The molecule has 5 heteroatoms. The van der Waals surface area contributed by atoms with Crippen molar-refractivity contribution < 1.29 is 9.90 Å². The molecule has 2 rings (SSSR count). The largest absolute Gasteiger partial charge is 0.393 e. The SMILES string of the molecule is CC1CCC(C#N)(N(C)C(=O)C(C)N2CCC(C(C)O)CC2)CC1. The van der Waals surface area contributed by atoms with E-state index in [1.54, 1.807) is 11.9 Å². The molecule has 2 fully saturated rings. The van der Waals surface area contributed by atoms with Crippen LogP contribution in [0.1, 0.15) is 59.3 Å². The van der Waals surface area contributed by atoms with Crippen molar-refractivity contribution in [2.75, 3.05) is 20.1 Å². The lowest BCUT2D eigenvalue weighted by molar-refractivity contribution is -0.141. The molecule has 0 spiro atoms. The Labute approximate surface area is 146 Å². The highest BCUT2D eigenvalue weighted by atomic mass is 16.3. The van der Waals surface area contributed by atoms with E-state index >= 15 is 0 Å². The van der Waals surface area contributed by atoms with Gasteiger partial charge in [-0.15, -0.1) is 0 Å². The van der Waals surface area contributed by atoms with Crippen LogP contribution in [0, 0.1) is 23.2 Å². The molecule has 2 aliphatic rings. The van der Waals surface area contributed by atoms with Gasteiger partial charge in [0, 0.05) is 7.05 Å². The molecule has 1 heterocycles. The van der Waals surface area contributed by atoms with Crippen molar-refractivity contribution in [1.29, 1.82) is 5.26 Å². The molecule has 24 heavy (non-hydrogen) atoms. The summed E-state index contributed by atoms with van der Waals surface area (Å²) < 4.78 is 0. The highest BCUT2D eigenvalue weighted by molar-refractivity contribution is 5.82. The van der Waals surface area contributed by atoms with Crippen LogP contribution >= 0.6 is 0 Å². The summed E-state index contributed by atoms with van der Waals surface area (Å²) in [5.74, 6) is 1.04. The second-order valence-electron chi connectivity index (χ2n) is 8.01. The minimum absolute atomic E-state index is 0.0570. The fourth-order valence-corrected chi connectivity index (χ4v) is 4.20. The predicted molar refractivity (Wildman–Crippen MR) is 94.2 cm³/mol. The smallest absolute Gasteiger partial charge is 0.240 e. The van der Waals surface area contributed by atoms with Crippen LogP contribution in [0.3, 0.4) is 0 Å². The van der Waals surface area contributed by atoms with Crippen LogP contribution in [0.25, 0.3) is 0 Å². The van der Waals surface area contributed by atoms with Gasteiger partial charge in [0.15, 0.2) is 0 Å². The van der Waals surface area contributed by atoms with Crippen molar-refractivity contribution in [3.05, 3.63) is 0 Å². The van der Waals surface area contributed by atoms with E-state index in [1.807, 2.05) is 13.8 Å². The maximum absolute atomic E-state index is 13.0. The molecule has 0 radical (unpaired) electrons. The Balaban J connectivity index is 1.98. The third-order valence-corrected chi connectivity index (χ3v) is 6.44. The molecule has 2 atom stereocenters. The highest BCUT2D eigenvalue weighted by Crippen LogP contribution is 2.36. The molecule has 1 N–H and O–H groups in total. The quantitative estimate of drug-likeness (QED) is 0.856. The maximum Gasteiger partial charge on any atom is 0.240 e. The minimum Gasteiger partial charge on any atom is -0.393 e. The number of likely N-dealkylation sites (N-methyl/N-ethyl adjacent to an activating group) is 1. The summed E-state index contributed by atoms with van der Waals surface area (Å²) in [5.41, 5.74) is -0.629. The lowest BCUT2D eigenvalue weighted by Crippen LogP contribution is -2.57. The van der Waals surface area contributed by atoms with Crippen LogP contribution < -0.4 is 0 Å². The summed E-state index contributed by atoms with van der Waals surface area (Å²) in [5, 5.41) is 19.5. The summed E-state index contributed by atoms with van der Waals surface area (Å²) >= 11 is 0. The van der Waals surface area contributed by atoms with Gasteiger partial charge in [-0.1, -0.05) is 6.92 Å². The Morgan fingerprint density at radius 1 is 1.25 bits per heavy atom. The number of rotatable bonds is 4. The maximum atomic E-state index is 13.0. The lowest BCUT2D eigenvalue weighted by atomic mass is 9.77. The van der Waals surface area contributed by atoms with Gasteiger partial charge in [0.05, 0.1) is 18.2 Å². The zero-order valence-electron chi connectivity index (χ0n) is 15.7. The molecular weight excluding hydrogens is 302 g/mol. The fraction of sp³-hybridized carbons (Fsp3) is 0.895. The average molecular weight is 335 g/mol. The Kier molecular flexibility index (Phi) is 6.28. The molecule has 0 aromatic rings. The third-order valence-electron chi connectivity index (χ3n) is 6.44. The van der Waals surface area contributed by atoms with Crippen molar-refractivity contribution in [1.82, 2.24) is 9.80 Å². The Bertz CT molecular complexity index is 469. The minimum atomic E-state index is -0.629. The molecule has 0 aromatic carbocycles. The number of hydrogen-bond acceptors (Lipinski definition) is 4. The first-order valence-electron chi connectivity index (χ1n) is 9.42. The first-order valence-corrected chi connectivity index (χ1v) is 9.42. The summed E-state index contributed by atoms with van der Waals surface area (Å²) in [6, 6.07) is 2.25. The van der Waals surface area contributed by atoms with Crippen LogP contribution in [0.4, 0.5) is 0 Å². The molecule has 5 nitrogen and oxygen atoms in total. The second kappa shape index (κ2) is 7.84. The van der Waals surface area contributed by atoms with Crippen molar-refractivity contribution in [3.63, 3.8) is 0 Å². The molecule has 1 saturated carbocycles. The molecule has 1 saturated heterocycles. The fourth-order valence-electron chi connectivity index (χ4n) is 4.20. The number of hydrogen-bond donors (Lipinski definition) is 1. The third kappa shape index (κ3) is 3.92. The van der Waals surface area contributed by atoms with Gasteiger partial charge in [0.25, 0.3) is 0 Å². The van der Waals surface area contributed by atoms with Crippen molar-refractivity contribution in [2.24, 2.45) is 11.8 Å². The average Bonchev–Trinajstić information content (AvgIpc) is 2.61. The van der Waals surface area contributed by atoms with E-state index in [0.717, 1.165) is 51.6 Å². The lowest BCUT2D eigenvalue weighted by Gasteiger charge is -2.44. The molecule has 136 valence electrons. The van der Waals surface area contributed by atoms with Crippen LogP contribution in [0.15, 0.2) is 0 Å². The molecule has 1 aliphatic heterocycles. The first-order chi connectivity index (χ1) is 11.3. The van der Waals surface area contributed by atoms with Gasteiger partial charge < -0.3 is 10.0 Å². The summed E-state index contributed by atoms with van der Waals surface area (Å²) in [6.07, 6.45) is 5.18. The Hall–Kier alpha value is -1.12. The molecular formula is C19H33N3O2. The van der Waals surface area contributed by atoms with Crippen LogP contribution in [-0.4, -0.2) is 58.6 Å². The first kappa shape index (κ1) is 19.2. The van der Waals surface area contributed by atoms with Crippen LogP contribution in [0.5, 0.6) is 0 Å². The number of carbonyl (C=O) groups excluding carboxylic acids is 1. The number of nitriles is 1. The van der Waals surface area contributed by atoms with E-state index in [9.17, 15) is 15.2 Å². The van der Waals surface area contributed by atoms with E-state index < -0.39 is 5.54 Å². The van der Waals surface area contributed by atoms with Crippen LogP contribution in [0.2, 0.25) is 0 Å². The second-order valence-corrected chi connectivity index (χ2v) is 8.01. The van der Waals surface area contributed by atoms with Gasteiger partial charge in [-0.25, -0.2) is 0 Å². The molecule has 0 aromatic heterocycles. The van der Waals surface area contributed by atoms with Crippen molar-refractivity contribution in [2.45, 2.75) is 77.0 Å². The standard InChI is InChI=1S/C19H33N3O2/c1-14-5-9-19(13-20,10-6-14)21(4)18(24)15(2)22-11-7-17(8-12-22)16(3)23/h14-17,23H,5-12H2,1-4H3. The van der Waals surface area contributed by atoms with E-state index in [-0.39, 0.29) is 18.1 Å². The van der Waals surface area contributed by atoms with Gasteiger partial charge in [-0.2, -0.15) is 5.26 Å². The van der Waals surface area contributed by atoms with Crippen LogP contribution in [-0.2, 0) is 4.79 Å². The molecule has 0 bridgehead atoms. The monoisotopic (exact) mass is 335 g/mol. The van der Waals surface area contributed by atoms with E-state index in [4.69, 9.17) is 0 Å². The topological polar surface area (TPSA) is 67.6 Å². The van der Waals surface area contributed by atoms with Crippen molar-refractivity contribution >= 4 is 5.91 Å². The number of aliphatic hydroxyl groups is 1.